The van der Waals surface area contributed by atoms with Gasteiger partial charge in [-0.25, -0.2) is 4.79 Å². The highest BCUT2D eigenvalue weighted by Gasteiger charge is 2.35. The van der Waals surface area contributed by atoms with Crippen LogP contribution in [0.1, 0.15) is 77.3 Å². The minimum Gasteiger partial charge on any atom is -0.497 e. The first-order chi connectivity index (χ1) is 34.5. The molecular weight excluding hydrogens is 1020 g/mol. The number of carbonyl (C=O) groups is 6. The molecule has 0 aromatic heterocycles. The van der Waals surface area contributed by atoms with E-state index in [2.05, 4.69) is 42.5 Å². The van der Waals surface area contributed by atoms with Gasteiger partial charge < -0.3 is 59.9 Å². The Bertz CT molecular complexity index is 2260. The topological polar surface area (TPSA) is 221 Å². The number of anilines is 2. The molecule has 3 aromatic carbocycles. The van der Waals surface area contributed by atoms with E-state index in [0.29, 0.717) is 82.7 Å². The Labute approximate surface area is 436 Å². The summed E-state index contributed by atoms with van der Waals surface area (Å²) in [5.41, 5.74) is 2.09. The Morgan fingerprint density at radius 3 is 2.04 bits per heavy atom. The molecule has 3 aromatic rings. The first-order valence-electron chi connectivity index (χ1n) is 24.3. The van der Waals surface area contributed by atoms with Crippen LogP contribution in [-0.2, 0) is 47.7 Å². The predicted octanol–water partition coefficient (Wildman–Crippen LogP) is 6.46. The number of amides is 6. The van der Waals surface area contributed by atoms with Gasteiger partial charge in [-0.2, -0.15) is 0 Å². The summed E-state index contributed by atoms with van der Waals surface area (Å²) < 4.78 is 32.6. The largest absolute Gasteiger partial charge is 0.497 e. The second kappa shape index (κ2) is 31.3. The minimum atomic E-state index is -1.06. The number of hydrogen-bond donors (Lipinski definition) is 5. The smallest absolute Gasteiger partial charge is 0.407 e. The van der Waals surface area contributed by atoms with Crippen LogP contribution in [0.5, 0.6) is 5.75 Å². The number of fused-ring (bicyclic) bond motifs is 3. The van der Waals surface area contributed by atoms with Gasteiger partial charge in [0.05, 0.1) is 76.7 Å². The molecule has 3 atom stereocenters. The van der Waals surface area contributed by atoms with Crippen molar-refractivity contribution in [3.63, 3.8) is 0 Å². The van der Waals surface area contributed by atoms with Crippen molar-refractivity contribution in [3.8, 4) is 5.75 Å². The van der Waals surface area contributed by atoms with Crippen LogP contribution in [-0.4, -0.2) is 144 Å². The van der Waals surface area contributed by atoms with Gasteiger partial charge in [-0.1, -0.05) is 66.2 Å². The molecule has 5 N–H and O–H groups in total. The highest BCUT2D eigenvalue weighted by molar-refractivity contribution is 9.09. The van der Waals surface area contributed by atoms with Crippen LogP contribution in [0.4, 0.5) is 16.2 Å². The summed E-state index contributed by atoms with van der Waals surface area (Å²) in [5.74, 6) is -1.38. The highest BCUT2D eigenvalue weighted by atomic mass is 79.9. The van der Waals surface area contributed by atoms with Crippen LogP contribution >= 0.6 is 27.5 Å². The summed E-state index contributed by atoms with van der Waals surface area (Å²) in [4.78, 5) is 80.7. The molecule has 0 spiro atoms. The Balaban J connectivity index is 1.39. The molecule has 6 amide bonds. The quantitative estimate of drug-likeness (QED) is 0.0266. The second-order valence-electron chi connectivity index (χ2n) is 18.3. The van der Waals surface area contributed by atoms with E-state index >= 15 is 0 Å². The van der Waals surface area contributed by atoms with Gasteiger partial charge in [0.15, 0.2) is 0 Å². The van der Waals surface area contributed by atoms with E-state index in [0.717, 1.165) is 21.9 Å². The van der Waals surface area contributed by atoms with Crippen LogP contribution in [0.15, 0.2) is 60.7 Å². The Hall–Kier alpha value is -5.31. The normalized spacial score (nSPS) is 14.2. The summed E-state index contributed by atoms with van der Waals surface area (Å²) in [6, 6.07) is 14.6. The second-order valence-corrected chi connectivity index (χ2v) is 19.1. The van der Waals surface area contributed by atoms with Crippen molar-refractivity contribution in [1.82, 2.24) is 21.3 Å². The van der Waals surface area contributed by atoms with E-state index in [1.54, 1.807) is 58.8 Å². The van der Waals surface area contributed by atoms with Gasteiger partial charge in [-0.15, -0.1) is 11.6 Å². The summed E-state index contributed by atoms with van der Waals surface area (Å²) in [7, 11) is 1.59. The van der Waals surface area contributed by atoms with E-state index in [1.807, 2.05) is 48.5 Å². The summed E-state index contributed by atoms with van der Waals surface area (Å²) in [5, 5.41) is 16.0. The van der Waals surface area contributed by atoms with Crippen LogP contribution in [0.25, 0.3) is 16.8 Å². The number of ether oxygens (including phenoxy) is 6. The van der Waals surface area contributed by atoms with Crippen molar-refractivity contribution >= 4 is 91.4 Å². The predicted molar refractivity (Wildman–Crippen MR) is 282 cm³/mol. The fourth-order valence-electron chi connectivity index (χ4n) is 7.60. The van der Waals surface area contributed by atoms with Gasteiger partial charge in [0.2, 0.25) is 23.6 Å². The molecule has 1 heterocycles. The van der Waals surface area contributed by atoms with Crippen molar-refractivity contribution in [2.75, 3.05) is 101 Å². The number of nitrogens with one attached hydrogen (secondary N) is 5. The highest BCUT2D eigenvalue weighted by Crippen LogP contribution is 2.45. The molecule has 396 valence electrons. The van der Waals surface area contributed by atoms with Crippen LogP contribution < -0.4 is 36.2 Å². The first-order valence-corrected chi connectivity index (χ1v) is 26.0. The zero-order chi connectivity index (χ0) is 52.5. The first kappa shape index (κ1) is 59.3. The van der Waals surface area contributed by atoms with Crippen molar-refractivity contribution < 1.29 is 57.2 Å². The fraction of sp³-hybridized carbons (Fsp3) is 0.538. The van der Waals surface area contributed by atoms with Crippen molar-refractivity contribution in [2.24, 2.45) is 5.92 Å². The average Bonchev–Trinajstić information content (AvgIpc) is 3.73. The molecular formula is C52H72BrClN6O12. The zero-order valence-electron chi connectivity index (χ0n) is 42.3. The van der Waals surface area contributed by atoms with Gasteiger partial charge in [0, 0.05) is 49.3 Å². The molecule has 4 rings (SSSR count). The van der Waals surface area contributed by atoms with Crippen LogP contribution in [0, 0.1) is 5.92 Å². The average molecular weight is 1090 g/mol. The lowest BCUT2D eigenvalue weighted by atomic mass is 9.94. The number of rotatable bonds is 31. The van der Waals surface area contributed by atoms with Gasteiger partial charge in [-0.3, -0.25) is 24.0 Å². The van der Waals surface area contributed by atoms with Gasteiger partial charge in [0.25, 0.3) is 5.91 Å². The summed E-state index contributed by atoms with van der Waals surface area (Å²) in [6.45, 7) is 12.5. The van der Waals surface area contributed by atoms with E-state index < -0.39 is 41.5 Å². The lowest BCUT2D eigenvalue weighted by Crippen LogP contribution is -2.54. The molecule has 0 saturated heterocycles. The summed E-state index contributed by atoms with van der Waals surface area (Å²) >= 11 is 9.62. The maximum atomic E-state index is 14.5. The Kier molecular flexibility index (Phi) is 25.8. The van der Waals surface area contributed by atoms with Crippen molar-refractivity contribution in [1.29, 1.82) is 0 Å². The van der Waals surface area contributed by atoms with Crippen molar-refractivity contribution in [2.45, 2.75) is 83.9 Å². The number of carbonyl (C=O) groups excluding carboxylic acids is 6. The number of alkyl carbamates (subject to hydrolysis) is 1. The molecule has 0 radical (unpaired) electrons. The molecule has 1 unspecified atom stereocenters. The number of methoxy groups -OCH3 is 1. The maximum absolute atomic E-state index is 14.5. The Morgan fingerprint density at radius 2 is 1.43 bits per heavy atom. The number of nitrogens with zero attached hydrogens (tertiary/aromatic N) is 1. The van der Waals surface area contributed by atoms with E-state index in [1.165, 1.54) is 6.08 Å². The molecule has 1 aliphatic rings. The van der Waals surface area contributed by atoms with Gasteiger partial charge in [-0.05, 0) is 86.7 Å². The van der Waals surface area contributed by atoms with Gasteiger partial charge >= 0.3 is 6.09 Å². The van der Waals surface area contributed by atoms with Crippen LogP contribution in [0.3, 0.4) is 0 Å². The summed E-state index contributed by atoms with van der Waals surface area (Å²) in [6.07, 6.45) is 3.76. The molecule has 72 heavy (non-hydrogen) atoms. The monoisotopic (exact) mass is 1090 g/mol. The Morgan fingerprint density at radius 1 is 0.792 bits per heavy atom. The molecule has 18 nitrogen and oxygen atoms in total. The third kappa shape index (κ3) is 20.3. The van der Waals surface area contributed by atoms with Crippen LogP contribution in [0.2, 0.25) is 0 Å². The number of halogens is 2. The molecule has 20 heteroatoms. The molecule has 1 aliphatic heterocycles. The third-order valence-corrected chi connectivity index (χ3v) is 12.1. The SMILES string of the molecule is COc1ccc(/C=C/C(=O)N2CC(CCl)c3c2cc(NC(=O)[C@H](CCCCNC(=O)OC(C)(C)C)NC(=O)[C@@H](NC(=O)CCOCCOCCOCCOCCNC(=O)CBr)C(C)C)c2ccccc32)cc1. The van der Waals surface area contributed by atoms with Gasteiger partial charge in [0.1, 0.15) is 23.4 Å². The molecule has 0 aliphatic carbocycles. The third-order valence-electron chi connectivity index (χ3n) is 11.2. The maximum Gasteiger partial charge on any atom is 0.407 e. The molecule has 0 bridgehead atoms. The zero-order valence-corrected chi connectivity index (χ0v) is 44.6. The molecule has 0 saturated carbocycles. The number of alkyl halides is 2. The lowest BCUT2D eigenvalue weighted by molar-refractivity contribution is -0.132. The number of hydrogen-bond acceptors (Lipinski definition) is 12. The van der Waals surface area contributed by atoms with Crippen molar-refractivity contribution in [3.05, 3.63) is 71.8 Å². The fourth-order valence-corrected chi connectivity index (χ4v) is 8.05. The molecule has 0 fully saturated rings. The minimum absolute atomic E-state index is 0.0132. The number of benzene rings is 3. The number of unbranched alkanes of at least 4 members (excludes halogenated alkanes) is 1. The van der Waals surface area contributed by atoms with E-state index in [4.69, 9.17) is 40.0 Å². The lowest BCUT2D eigenvalue weighted by Gasteiger charge is -2.26. The standard InChI is InChI=1S/C52H72BrClN6O12/c1-35(2)48(59-44(61)20-23-68-25-27-70-29-30-71-28-26-69-24-22-55-45(62)32-53)50(65)57-41(13-9-10-21-56-51(66)72-52(3,4)5)49(64)58-42-31-43-47(40-12-8-7-11-39(40)42)37(33-54)34-60(43)46(63)19-16-36-14-17-38(67-6)18-15-36/h7-8,11-12,14-19,31,35,37,41,48H,9-10,13,20-30,32-34H2,1-6H3,(H,55,62)(H,56,66)(H,57,65)(H,58,64)(H,59,61)/b19-16+/t37?,41-,48-/m0/s1. The van der Waals surface area contributed by atoms with E-state index in [-0.39, 0.29) is 67.5 Å². The van der Waals surface area contributed by atoms with E-state index in [9.17, 15) is 28.8 Å².